The maximum atomic E-state index is 11.9. The van der Waals surface area contributed by atoms with Crippen molar-refractivity contribution >= 4 is 21.9 Å². The molecule has 0 aromatic heterocycles. The smallest absolute Gasteiger partial charge is 0.339 e. The Hall–Kier alpha value is -1.77. The molecular weight excluding hydrogens is 394 g/mol. The molecule has 1 saturated heterocycles. The zero-order valence-corrected chi connectivity index (χ0v) is 17.5. The highest BCUT2D eigenvalue weighted by Gasteiger charge is 2.65. The van der Waals surface area contributed by atoms with Gasteiger partial charge in [0.2, 0.25) is 0 Å². The summed E-state index contributed by atoms with van der Waals surface area (Å²) in [5, 5.41) is 3.24. The third-order valence-corrected chi connectivity index (χ3v) is 8.47. The van der Waals surface area contributed by atoms with Gasteiger partial charge in [0.15, 0.2) is 5.60 Å². The molecule has 1 spiro atoms. The number of carbonyl (C=O) groups excluding carboxylic acids is 2. The fourth-order valence-electron chi connectivity index (χ4n) is 5.75. The molecule has 5 rings (SSSR count). The van der Waals surface area contributed by atoms with Crippen molar-refractivity contribution in [3.05, 3.63) is 35.4 Å². The molecule has 3 fully saturated rings. The predicted molar refractivity (Wildman–Crippen MR) is 106 cm³/mol. The van der Waals surface area contributed by atoms with Crippen LogP contribution >= 0.6 is 0 Å². The van der Waals surface area contributed by atoms with Gasteiger partial charge in [-0.3, -0.25) is 9.35 Å². The van der Waals surface area contributed by atoms with E-state index in [9.17, 15) is 18.0 Å². The SMILES string of the molecule is CC1(C)C2CC[C@@]1(CS(=O)(=O)O)C(=O)C2.O=C1OC2(CCNC2)c2ccccc21. The Balaban J connectivity index is 0.000000141. The lowest BCUT2D eigenvalue weighted by Crippen LogP contribution is -2.42. The van der Waals surface area contributed by atoms with Crippen LogP contribution in [-0.4, -0.2) is 43.6 Å². The number of benzene rings is 1. The number of esters is 1. The van der Waals surface area contributed by atoms with Crippen LogP contribution in [0.4, 0.5) is 0 Å². The molecule has 2 heterocycles. The summed E-state index contributed by atoms with van der Waals surface area (Å²) < 4.78 is 36.5. The van der Waals surface area contributed by atoms with Crippen LogP contribution in [0.2, 0.25) is 0 Å². The standard InChI is InChI=1S/C11H11NO2.C10H16O4S/c13-10-8-3-1-2-4-9(8)11(14-10)5-6-12-7-11;1-9(2)7-3-4-10(9,8(11)5-7)6-15(12,13)14/h1-4,12H,5-7H2;7H,3-6H2,1-2H3,(H,12,13,14)/t;7?,10-/m.1/s1. The van der Waals surface area contributed by atoms with E-state index in [0.29, 0.717) is 12.8 Å². The molecule has 8 heteroatoms. The van der Waals surface area contributed by atoms with E-state index in [4.69, 9.17) is 9.29 Å². The Labute approximate surface area is 171 Å². The molecule has 2 bridgehead atoms. The topological polar surface area (TPSA) is 110 Å². The molecule has 1 aromatic rings. The molecule has 2 N–H and O–H groups in total. The highest BCUT2D eigenvalue weighted by atomic mass is 32.2. The largest absolute Gasteiger partial charge is 0.449 e. The predicted octanol–water partition coefficient (Wildman–Crippen LogP) is 2.32. The van der Waals surface area contributed by atoms with Crippen LogP contribution in [0.5, 0.6) is 0 Å². The van der Waals surface area contributed by atoms with Gasteiger partial charge in [-0.05, 0) is 36.8 Å². The quantitative estimate of drug-likeness (QED) is 0.557. The first kappa shape index (κ1) is 20.5. The van der Waals surface area contributed by atoms with E-state index < -0.39 is 21.3 Å². The first-order valence-corrected chi connectivity index (χ1v) is 11.6. The maximum absolute atomic E-state index is 11.9. The lowest BCUT2D eigenvalue weighted by atomic mass is 9.70. The number of Topliss-reactive ketones (excluding diaryl/α,β-unsaturated/α-hetero) is 1. The zero-order valence-electron chi connectivity index (χ0n) is 16.7. The molecule has 0 radical (unpaired) electrons. The van der Waals surface area contributed by atoms with E-state index in [0.717, 1.165) is 37.1 Å². The summed E-state index contributed by atoms with van der Waals surface area (Å²) in [6.07, 6.45) is 2.86. The molecule has 29 heavy (non-hydrogen) atoms. The number of rotatable bonds is 2. The van der Waals surface area contributed by atoms with Gasteiger partial charge in [-0.15, -0.1) is 0 Å². The van der Waals surface area contributed by atoms with Crippen molar-refractivity contribution in [1.29, 1.82) is 0 Å². The molecule has 2 aliphatic heterocycles. The molecule has 2 aliphatic carbocycles. The van der Waals surface area contributed by atoms with Gasteiger partial charge in [-0.2, -0.15) is 8.42 Å². The monoisotopic (exact) mass is 421 g/mol. The second kappa shape index (κ2) is 6.62. The number of nitrogens with one attached hydrogen (secondary N) is 1. The van der Waals surface area contributed by atoms with Crippen LogP contribution in [0.3, 0.4) is 0 Å². The highest BCUT2D eigenvalue weighted by Crippen LogP contribution is 2.64. The molecule has 4 aliphatic rings. The van der Waals surface area contributed by atoms with Crippen LogP contribution in [0.1, 0.15) is 55.5 Å². The normalized spacial score (nSPS) is 34.1. The minimum atomic E-state index is -4.08. The van der Waals surface area contributed by atoms with E-state index in [1.807, 2.05) is 38.1 Å². The fourth-order valence-corrected chi connectivity index (χ4v) is 7.05. The van der Waals surface area contributed by atoms with Gasteiger partial charge in [0.05, 0.1) is 16.7 Å². The highest BCUT2D eigenvalue weighted by molar-refractivity contribution is 7.85. The zero-order chi connectivity index (χ0) is 21.1. The summed E-state index contributed by atoms with van der Waals surface area (Å²) in [5.41, 5.74) is 0.296. The lowest BCUT2D eigenvalue weighted by molar-refractivity contribution is -0.128. The minimum absolute atomic E-state index is 0.0152. The molecule has 7 nitrogen and oxygen atoms in total. The number of hydrogen-bond acceptors (Lipinski definition) is 6. The summed E-state index contributed by atoms with van der Waals surface area (Å²) in [6, 6.07) is 7.67. The van der Waals surface area contributed by atoms with Crippen molar-refractivity contribution in [2.24, 2.45) is 16.7 Å². The third kappa shape index (κ3) is 3.12. The van der Waals surface area contributed by atoms with Crippen LogP contribution in [0.15, 0.2) is 24.3 Å². The summed E-state index contributed by atoms with van der Waals surface area (Å²) in [4.78, 5) is 23.5. The average molecular weight is 422 g/mol. The van der Waals surface area contributed by atoms with Gasteiger partial charge >= 0.3 is 5.97 Å². The van der Waals surface area contributed by atoms with Gasteiger partial charge in [0, 0.05) is 24.9 Å². The molecule has 2 unspecified atom stereocenters. The third-order valence-electron chi connectivity index (χ3n) is 7.61. The second-order valence-electron chi connectivity index (χ2n) is 9.25. The van der Waals surface area contributed by atoms with Crippen molar-refractivity contribution < 1.29 is 27.3 Å². The summed E-state index contributed by atoms with van der Waals surface area (Å²) in [5.74, 6) is -0.278. The molecule has 158 valence electrons. The van der Waals surface area contributed by atoms with Crippen molar-refractivity contribution in [1.82, 2.24) is 5.32 Å². The number of ketones is 1. The van der Waals surface area contributed by atoms with E-state index in [1.54, 1.807) is 0 Å². The van der Waals surface area contributed by atoms with Crippen LogP contribution in [-0.2, 0) is 25.3 Å². The Kier molecular flexibility index (Phi) is 4.68. The van der Waals surface area contributed by atoms with E-state index >= 15 is 0 Å². The minimum Gasteiger partial charge on any atom is -0.449 e. The van der Waals surface area contributed by atoms with Crippen molar-refractivity contribution in [2.75, 3.05) is 18.8 Å². The molecule has 3 atom stereocenters. The lowest BCUT2D eigenvalue weighted by Gasteiger charge is -2.35. The Morgan fingerprint density at radius 3 is 2.48 bits per heavy atom. The Morgan fingerprint density at radius 1 is 1.21 bits per heavy atom. The van der Waals surface area contributed by atoms with E-state index in [1.165, 1.54) is 0 Å². The number of ether oxygens (including phenoxy) is 1. The second-order valence-corrected chi connectivity index (χ2v) is 10.7. The maximum Gasteiger partial charge on any atom is 0.339 e. The summed E-state index contributed by atoms with van der Waals surface area (Å²) in [7, 11) is -4.08. The average Bonchev–Trinajstić information content (AvgIpc) is 3.32. The molecular formula is C21H27NO6S. The first-order valence-electron chi connectivity index (χ1n) is 10.0. The Morgan fingerprint density at radius 2 is 1.93 bits per heavy atom. The Bertz CT molecular complexity index is 963. The molecule has 1 aromatic carbocycles. The van der Waals surface area contributed by atoms with E-state index in [2.05, 4.69) is 5.32 Å². The molecule has 0 amide bonds. The van der Waals surface area contributed by atoms with Crippen LogP contribution in [0, 0.1) is 16.7 Å². The van der Waals surface area contributed by atoms with Crippen molar-refractivity contribution in [3.8, 4) is 0 Å². The summed E-state index contributed by atoms with van der Waals surface area (Å²) in [6.45, 7) is 5.55. The van der Waals surface area contributed by atoms with Gasteiger partial charge in [-0.25, -0.2) is 4.79 Å². The number of carbonyl (C=O) groups is 2. The number of fused-ring (bicyclic) bond motifs is 4. The first-order chi connectivity index (χ1) is 13.5. The molecule has 2 saturated carbocycles. The van der Waals surface area contributed by atoms with Crippen molar-refractivity contribution in [3.63, 3.8) is 0 Å². The van der Waals surface area contributed by atoms with Crippen LogP contribution in [0.25, 0.3) is 0 Å². The van der Waals surface area contributed by atoms with Gasteiger partial charge in [-0.1, -0.05) is 32.0 Å². The van der Waals surface area contributed by atoms with Gasteiger partial charge in [0.1, 0.15) is 5.78 Å². The number of hydrogen-bond donors (Lipinski definition) is 2. The summed E-state index contributed by atoms with van der Waals surface area (Å²) >= 11 is 0. The fraction of sp³-hybridized carbons (Fsp3) is 0.619. The van der Waals surface area contributed by atoms with Crippen LogP contribution < -0.4 is 5.32 Å². The van der Waals surface area contributed by atoms with E-state index in [-0.39, 0.29) is 28.7 Å². The van der Waals surface area contributed by atoms with Crippen molar-refractivity contribution in [2.45, 2.75) is 45.1 Å². The van der Waals surface area contributed by atoms with Gasteiger partial charge in [0.25, 0.3) is 10.1 Å². The van der Waals surface area contributed by atoms with Gasteiger partial charge < -0.3 is 10.1 Å².